The Morgan fingerprint density at radius 2 is 1.90 bits per heavy atom. The first kappa shape index (κ1) is 15.5. The molecule has 2 rings (SSSR count). The molecule has 21 heavy (non-hydrogen) atoms. The second-order valence-corrected chi connectivity index (χ2v) is 5.34. The number of nitro benzene ring substituents is 1. The van der Waals surface area contributed by atoms with Crippen molar-refractivity contribution in [2.45, 2.75) is 13.5 Å². The minimum absolute atomic E-state index is 0.0110. The van der Waals surface area contributed by atoms with Gasteiger partial charge in [-0.3, -0.25) is 10.1 Å². The maximum absolute atomic E-state index is 10.8. The normalized spacial score (nSPS) is 10.4. The molecule has 0 bridgehead atoms. The first-order chi connectivity index (χ1) is 10.1. The summed E-state index contributed by atoms with van der Waals surface area (Å²) in [4.78, 5) is 10.4. The van der Waals surface area contributed by atoms with Crippen molar-refractivity contribution in [2.75, 3.05) is 6.54 Å². The molecule has 110 valence electrons. The van der Waals surface area contributed by atoms with Crippen molar-refractivity contribution in [1.29, 1.82) is 0 Å². The topological polar surface area (TPSA) is 64.4 Å². The monoisotopic (exact) mass is 350 g/mol. The molecule has 0 atom stereocenters. The fourth-order valence-electron chi connectivity index (χ4n) is 1.79. The summed E-state index contributed by atoms with van der Waals surface area (Å²) in [5, 5.41) is 14.1. The first-order valence-electron chi connectivity index (χ1n) is 6.51. The number of halogens is 1. The summed E-state index contributed by atoms with van der Waals surface area (Å²) in [7, 11) is 0. The van der Waals surface area contributed by atoms with Crippen LogP contribution in [0.3, 0.4) is 0 Å². The molecule has 0 radical (unpaired) electrons. The Morgan fingerprint density at radius 1 is 1.19 bits per heavy atom. The number of hydrogen-bond donors (Lipinski definition) is 1. The van der Waals surface area contributed by atoms with Crippen LogP contribution in [0.5, 0.6) is 11.5 Å². The van der Waals surface area contributed by atoms with E-state index < -0.39 is 4.92 Å². The van der Waals surface area contributed by atoms with Gasteiger partial charge in [-0.2, -0.15) is 0 Å². The Morgan fingerprint density at radius 3 is 2.52 bits per heavy atom. The van der Waals surface area contributed by atoms with E-state index in [1.807, 2.05) is 24.3 Å². The number of rotatable bonds is 6. The van der Waals surface area contributed by atoms with Crippen LogP contribution >= 0.6 is 15.9 Å². The SMILES string of the molecule is CCNCc1ccc(Oc2cc(Br)cc([N+](=O)[O-])c2)cc1. The maximum Gasteiger partial charge on any atom is 0.274 e. The highest BCUT2D eigenvalue weighted by atomic mass is 79.9. The fourth-order valence-corrected chi connectivity index (χ4v) is 2.25. The fraction of sp³-hybridized carbons (Fsp3) is 0.200. The van der Waals surface area contributed by atoms with Crippen molar-refractivity contribution in [1.82, 2.24) is 5.32 Å². The van der Waals surface area contributed by atoms with Gasteiger partial charge in [-0.1, -0.05) is 35.0 Å². The lowest BCUT2D eigenvalue weighted by atomic mass is 10.2. The maximum atomic E-state index is 10.8. The van der Waals surface area contributed by atoms with Crippen LogP contribution in [-0.4, -0.2) is 11.5 Å². The standard InChI is InChI=1S/C15H15BrN2O3/c1-2-17-10-11-3-5-14(6-4-11)21-15-8-12(16)7-13(9-15)18(19)20/h3-9,17H,2,10H2,1H3. The molecule has 0 amide bonds. The van der Waals surface area contributed by atoms with E-state index in [0.717, 1.165) is 18.7 Å². The molecule has 5 nitrogen and oxygen atoms in total. The molecule has 0 aliphatic carbocycles. The summed E-state index contributed by atoms with van der Waals surface area (Å²) in [6, 6.07) is 12.1. The number of hydrogen-bond acceptors (Lipinski definition) is 4. The van der Waals surface area contributed by atoms with Crippen molar-refractivity contribution in [3.63, 3.8) is 0 Å². The number of nitro groups is 1. The summed E-state index contributed by atoms with van der Waals surface area (Å²) in [6.07, 6.45) is 0. The number of nitrogens with one attached hydrogen (secondary N) is 1. The Kier molecular flexibility index (Phi) is 5.30. The third kappa shape index (κ3) is 4.54. The van der Waals surface area contributed by atoms with Gasteiger partial charge < -0.3 is 10.1 Å². The second kappa shape index (κ2) is 7.19. The second-order valence-electron chi connectivity index (χ2n) is 4.43. The highest BCUT2D eigenvalue weighted by Crippen LogP contribution is 2.29. The predicted octanol–water partition coefficient (Wildman–Crippen LogP) is 4.26. The zero-order chi connectivity index (χ0) is 15.2. The third-order valence-electron chi connectivity index (χ3n) is 2.81. The summed E-state index contributed by atoms with van der Waals surface area (Å²) < 4.78 is 6.26. The van der Waals surface area contributed by atoms with E-state index in [-0.39, 0.29) is 5.69 Å². The van der Waals surface area contributed by atoms with E-state index >= 15 is 0 Å². The minimum atomic E-state index is -0.447. The highest BCUT2D eigenvalue weighted by molar-refractivity contribution is 9.10. The van der Waals surface area contributed by atoms with E-state index in [9.17, 15) is 10.1 Å². The van der Waals surface area contributed by atoms with E-state index in [0.29, 0.717) is 16.0 Å². The van der Waals surface area contributed by atoms with Crippen LogP contribution < -0.4 is 10.1 Å². The van der Waals surface area contributed by atoms with Gasteiger partial charge in [0.05, 0.1) is 11.0 Å². The van der Waals surface area contributed by atoms with Gasteiger partial charge in [0.2, 0.25) is 0 Å². The van der Waals surface area contributed by atoms with Crippen LogP contribution in [0.4, 0.5) is 5.69 Å². The van der Waals surface area contributed by atoms with E-state index in [4.69, 9.17) is 4.74 Å². The average Bonchev–Trinajstić information content (AvgIpc) is 2.46. The molecule has 2 aromatic carbocycles. The molecule has 0 fully saturated rings. The molecular weight excluding hydrogens is 336 g/mol. The van der Waals surface area contributed by atoms with E-state index in [2.05, 4.69) is 28.2 Å². The Bertz CT molecular complexity index is 629. The van der Waals surface area contributed by atoms with Gasteiger partial charge in [0.25, 0.3) is 5.69 Å². The molecule has 0 unspecified atom stereocenters. The molecule has 1 N–H and O–H groups in total. The summed E-state index contributed by atoms with van der Waals surface area (Å²) >= 11 is 3.24. The van der Waals surface area contributed by atoms with Gasteiger partial charge in [0.15, 0.2) is 0 Å². The smallest absolute Gasteiger partial charge is 0.274 e. The first-order valence-corrected chi connectivity index (χ1v) is 7.30. The van der Waals surface area contributed by atoms with Crippen molar-refractivity contribution >= 4 is 21.6 Å². The van der Waals surface area contributed by atoms with Gasteiger partial charge >= 0.3 is 0 Å². The molecule has 0 aromatic heterocycles. The molecular formula is C15H15BrN2O3. The quantitative estimate of drug-likeness (QED) is 0.624. The highest BCUT2D eigenvalue weighted by Gasteiger charge is 2.10. The number of non-ortho nitro benzene ring substituents is 1. The lowest BCUT2D eigenvalue weighted by molar-refractivity contribution is -0.385. The van der Waals surface area contributed by atoms with Gasteiger partial charge in [-0.15, -0.1) is 0 Å². The molecule has 6 heteroatoms. The van der Waals surface area contributed by atoms with Gasteiger partial charge in [0.1, 0.15) is 11.5 Å². The van der Waals surface area contributed by atoms with Crippen molar-refractivity contribution in [2.24, 2.45) is 0 Å². The lowest BCUT2D eigenvalue weighted by Crippen LogP contribution is -2.11. The molecule has 0 aliphatic heterocycles. The van der Waals surface area contributed by atoms with Crippen LogP contribution in [-0.2, 0) is 6.54 Å². The third-order valence-corrected chi connectivity index (χ3v) is 3.26. The van der Waals surface area contributed by atoms with Gasteiger partial charge in [-0.05, 0) is 30.3 Å². The molecule has 0 spiro atoms. The van der Waals surface area contributed by atoms with Gasteiger partial charge in [0, 0.05) is 17.1 Å². The Labute approximate surface area is 131 Å². The van der Waals surface area contributed by atoms with Crippen molar-refractivity contribution < 1.29 is 9.66 Å². The van der Waals surface area contributed by atoms with Crippen LogP contribution in [0.15, 0.2) is 46.9 Å². The van der Waals surface area contributed by atoms with Crippen LogP contribution in [0.2, 0.25) is 0 Å². The van der Waals surface area contributed by atoms with Crippen LogP contribution in [0.1, 0.15) is 12.5 Å². The molecule has 0 aliphatic rings. The van der Waals surface area contributed by atoms with Crippen LogP contribution in [0, 0.1) is 10.1 Å². The van der Waals surface area contributed by atoms with Crippen LogP contribution in [0.25, 0.3) is 0 Å². The average molecular weight is 351 g/mol. The predicted molar refractivity (Wildman–Crippen MR) is 84.7 cm³/mol. The Hall–Kier alpha value is -1.92. The molecule has 0 saturated heterocycles. The summed E-state index contributed by atoms with van der Waals surface area (Å²) in [5.41, 5.74) is 1.15. The zero-order valence-electron chi connectivity index (χ0n) is 11.5. The van der Waals surface area contributed by atoms with Crippen molar-refractivity contribution in [3.05, 3.63) is 62.6 Å². The number of ether oxygens (including phenoxy) is 1. The van der Waals surface area contributed by atoms with E-state index in [1.165, 1.54) is 12.1 Å². The zero-order valence-corrected chi connectivity index (χ0v) is 13.1. The van der Waals surface area contributed by atoms with Gasteiger partial charge in [-0.25, -0.2) is 0 Å². The number of benzene rings is 2. The Balaban J connectivity index is 2.12. The summed E-state index contributed by atoms with van der Waals surface area (Å²) in [5.74, 6) is 1.07. The van der Waals surface area contributed by atoms with E-state index in [1.54, 1.807) is 6.07 Å². The van der Waals surface area contributed by atoms with Crippen molar-refractivity contribution in [3.8, 4) is 11.5 Å². The minimum Gasteiger partial charge on any atom is -0.457 e. The lowest BCUT2D eigenvalue weighted by Gasteiger charge is -2.07. The molecule has 0 heterocycles. The molecule has 2 aromatic rings. The molecule has 0 saturated carbocycles. The summed E-state index contributed by atoms with van der Waals surface area (Å²) in [6.45, 7) is 3.77. The number of nitrogens with zero attached hydrogens (tertiary/aromatic N) is 1. The largest absolute Gasteiger partial charge is 0.457 e.